The van der Waals surface area contributed by atoms with Crippen LogP contribution in [0.2, 0.25) is 0 Å². The highest BCUT2D eigenvalue weighted by Gasteiger charge is 2.63. The van der Waals surface area contributed by atoms with Gasteiger partial charge in [0.1, 0.15) is 11.6 Å². The van der Waals surface area contributed by atoms with Crippen LogP contribution in [0.25, 0.3) is 0 Å². The van der Waals surface area contributed by atoms with Crippen molar-refractivity contribution in [2.75, 3.05) is 6.61 Å². The van der Waals surface area contributed by atoms with Gasteiger partial charge in [0, 0.05) is 12.1 Å². The lowest BCUT2D eigenvalue weighted by Crippen LogP contribution is -2.57. The Labute approximate surface area is 135 Å². The summed E-state index contributed by atoms with van der Waals surface area (Å²) in [7, 11) is 0. The van der Waals surface area contributed by atoms with Gasteiger partial charge in [-0.25, -0.2) is 4.39 Å². The van der Waals surface area contributed by atoms with E-state index in [1.54, 1.807) is 13.8 Å². The van der Waals surface area contributed by atoms with Gasteiger partial charge in [-0.1, -0.05) is 13.8 Å². The first-order chi connectivity index (χ1) is 11.0. The zero-order valence-electron chi connectivity index (χ0n) is 13.0. The molecule has 0 aromatic heterocycles. The summed E-state index contributed by atoms with van der Waals surface area (Å²) in [6.45, 7) is 2.44. The summed E-state index contributed by atoms with van der Waals surface area (Å²) in [6, 6.07) is 4.62. The van der Waals surface area contributed by atoms with Crippen LogP contribution in [0, 0.1) is 11.7 Å². The zero-order chi connectivity index (χ0) is 18.1. The molecule has 1 aliphatic rings. The van der Waals surface area contributed by atoms with Crippen molar-refractivity contribution in [1.82, 2.24) is 5.01 Å². The monoisotopic (exact) mass is 348 g/mol. The van der Waals surface area contributed by atoms with Gasteiger partial charge in [0.25, 0.3) is 11.6 Å². The SMILES string of the molecule is CC(C)C1=NN(C(=O)COc2ccc(F)cc2)[C@](O)(C(F)(F)F)C1. The van der Waals surface area contributed by atoms with Gasteiger partial charge < -0.3 is 9.84 Å². The number of hydrogen-bond donors (Lipinski definition) is 1. The van der Waals surface area contributed by atoms with Crippen molar-refractivity contribution in [3.05, 3.63) is 30.1 Å². The molecule has 1 aliphatic heterocycles. The Morgan fingerprint density at radius 1 is 1.38 bits per heavy atom. The largest absolute Gasteiger partial charge is 0.484 e. The standard InChI is InChI=1S/C15H16F4N2O3/c1-9(2)12-7-14(23,15(17,18)19)21(20-12)13(22)8-24-11-5-3-10(16)4-6-11/h3-6,9,23H,7-8H2,1-2H3/t14-/m1/s1. The van der Waals surface area contributed by atoms with E-state index < -0.39 is 36.7 Å². The van der Waals surface area contributed by atoms with Gasteiger partial charge in [-0.15, -0.1) is 0 Å². The van der Waals surface area contributed by atoms with Gasteiger partial charge in [-0.05, 0) is 30.2 Å². The van der Waals surface area contributed by atoms with Gasteiger partial charge in [0.15, 0.2) is 6.61 Å². The van der Waals surface area contributed by atoms with E-state index in [4.69, 9.17) is 4.74 Å². The lowest BCUT2D eigenvalue weighted by molar-refractivity contribution is -0.302. The lowest BCUT2D eigenvalue weighted by Gasteiger charge is -2.32. The zero-order valence-corrected chi connectivity index (χ0v) is 13.0. The number of rotatable bonds is 4. The number of hydrogen-bond acceptors (Lipinski definition) is 4. The molecule has 132 valence electrons. The molecule has 1 atom stereocenters. The van der Waals surface area contributed by atoms with Gasteiger partial charge in [0.2, 0.25) is 0 Å². The third kappa shape index (κ3) is 3.50. The van der Waals surface area contributed by atoms with Crippen molar-refractivity contribution in [1.29, 1.82) is 0 Å². The highest BCUT2D eigenvalue weighted by Crippen LogP contribution is 2.41. The summed E-state index contributed by atoms with van der Waals surface area (Å²) in [6.07, 6.45) is -5.88. The van der Waals surface area contributed by atoms with E-state index in [2.05, 4.69) is 5.10 Å². The molecule has 24 heavy (non-hydrogen) atoms. The second kappa shape index (κ2) is 6.39. The molecule has 1 N–H and O–H groups in total. The van der Waals surface area contributed by atoms with Crippen molar-refractivity contribution in [3.63, 3.8) is 0 Å². The Morgan fingerprint density at radius 2 is 1.96 bits per heavy atom. The third-order valence-corrected chi connectivity index (χ3v) is 3.54. The van der Waals surface area contributed by atoms with Crippen LogP contribution in [0.4, 0.5) is 17.6 Å². The maximum Gasteiger partial charge on any atom is 0.438 e. The van der Waals surface area contributed by atoms with Crippen LogP contribution in [-0.2, 0) is 4.79 Å². The summed E-state index contributed by atoms with van der Waals surface area (Å²) in [5, 5.41) is 13.6. The number of halogens is 4. The third-order valence-electron chi connectivity index (χ3n) is 3.54. The quantitative estimate of drug-likeness (QED) is 0.851. The summed E-state index contributed by atoms with van der Waals surface area (Å²) in [5.74, 6) is -1.94. The average molecular weight is 348 g/mol. The lowest BCUT2D eigenvalue weighted by atomic mass is 9.99. The van der Waals surface area contributed by atoms with Gasteiger partial charge in [-0.2, -0.15) is 23.3 Å². The summed E-state index contributed by atoms with van der Waals surface area (Å²) < 4.78 is 57.4. The molecular weight excluding hydrogens is 332 g/mol. The van der Waals surface area contributed by atoms with Crippen LogP contribution in [-0.4, -0.2) is 40.2 Å². The van der Waals surface area contributed by atoms with Crippen LogP contribution >= 0.6 is 0 Å². The highest BCUT2D eigenvalue weighted by molar-refractivity contribution is 5.92. The van der Waals surface area contributed by atoms with Gasteiger partial charge >= 0.3 is 6.18 Å². The normalized spacial score (nSPS) is 21.2. The molecule has 9 heteroatoms. The molecule has 0 radical (unpaired) electrons. The molecule has 0 spiro atoms. The number of amides is 1. The predicted molar refractivity (Wildman–Crippen MR) is 76.6 cm³/mol. The molecule has 2 rings (SSSR count). The van der Waals surface area contributed by atoms with Crippen LogP contribution in [0.1, 0.15) is 20.3 Å². The molecule has 0 bridgehead atoms. The van der Waals surface area contributed by atoms with E-state index in [9.17, 15) is 27.5 Å². The minimum absolute atomic E-state index is 0.0197. The summed E-state index contributed by atoms with van der Waals surface area (Å²) >= 11 is 0. The number of aliphatic hydroxyl groups is 1. The maximum atomic E-state index is 13.2. The number of ether oxygens (including phenoxy) is 1. The molecule has 0 unspecified atom stereocenters. The second-order valence-corrected chi connectivity index (χ2v) is 5.69. The number of hydrazone groups is 1. The first kappa shape index (κ1) is 18.2. The molecule has 1 amide bonds. The van der Waals surface area contributed by atoms with E-state index in [0.717, 1.165) is 12.1 Å². The number of carbonyl (C=O) groups is 1. The number of nitrogens with zero attached hydrogens (tertiary/aromatic N) is 2. The first-order valence-electron chi connectivity index (χ1n) is 7.12. The topological polar surface area (TPSA) is 62.1 Å². The Hall–Kier alpha value is -2.16. The van der Waals surface area contributed by atoms with Crippen molar-refractivity contribution < 1.29 is 32.2 Å². The fourth-order valence-electron chi connectivity index (χ4n) is 2.11. The van der Waals surface area contributed by atoms with Crippen molar-refractivity contribution in [2.45, 2.75) is 32.2 Å². The molecular formula is C15H16F4N2O3. The molecule has 5 nitrogen and oxygen atoms in total. The van der Waals surface area contributed by atoms with Gasteiger partial charge in [-0.3, -0.25) is 4.79 Å². The van der Waals surface area contributed by atoms with Crippen molar-refractivity contribution in [3.8, 4) is 5.75 Å². The molecule has 1 aromatic rings. The molecule has 0 saturated carbocycles. The van der Waals surface area contributed by atoms with Crippen molar-refractivity contribution in [2.24, 2.45) is 11.0 Å². The smallest absolute Gasteiger partial charge is 0.438 e. The fourth-order valence-corrected chi connectivity index (χ4v) is 2.11. The predicted octanol–water partition coefficient (Wildman–Crippen LogP) is 2.70. The average Bonchev–Trinajstić information content (AvgIpc) is 2.86. The number of alkyl halides is 3. The van der Waals surface area contributed by atoms with Crippen LogP contribution in [0.15, 0.2) is 29.4 Å². The Balaban J connectivity index is 2.16. The van der Waals surface area contributed by atoms with E-state index in [1.807, 2.05) is 0 Å². The van der Waals surface area contributed by atoms with Crippen LogP contribution in [0.5, 0.6) is 5.75 Å². The molecule has 1 aromatic carbocycles. The molecule has 0 saturated heterocycles. The van der Waals surface area contributed by atoms with E-state index in [-0.39, 0.29) is 22.4 Å². The first-order valence-corrected chi connectivity index (χ1v) is 7.12. The number of carbonyl (C=O) groups excluding carboxylic acids is 1. The molecule has 0 fully saturated rings. The highest BCUT2D eigenvalue weighted by atomic mass is 19.4. The minimum atomic E-state index is -5.07. The van der Waals surface area contributed by atoms with Gasteiger partial charge in [0.05, 0.1) is 0 Å². The second-order valence-electron chi connectivity index (χ2n) is 5.69. The van der Waals surface area contributed by atoms with E-state index in [0.29, 0.717) is 0 Å². The summed E-state index contributed by atoms with van der Waals surface area (Å²) in [4.78, 5) is 12.1. The maximum absolute atomic E-state index is 13.2. The number of benzene rings is 1. The van der Waals surface area contributed by atoms with Crippen LogP contribution < -0.4 is 4.74 Å². The Bertz CT molecular complexity index is 643. The minimum Gasteiger partial charge on any atom is -0.484 e. The Morgan fingerprint density at radius 3 is 2.46 bits per heavy atom. The van der Waals surface area contributed by atoms with E-state index >= 15 is 0 Å². The van der Waals surface area contributed by atoms with E-state index in [1.165, 1.54) is 12.1 Å². The Kier molecular flexibility index (Phi) is 4.84. The van der Waals surface area contributed by atoms with Crippen molar-refractivity contribution >= 4 is 11.6 Å². The summed E-state index contributed by atoms with van der Waals surface area (Å²) in [5.41, 5.74) is -3.33. The fraction of sp³-hybridized carbons (Fsp3) is 0.467. The molecule has 0 aliphatic carbocycles. The molecule has 1 heterocycles. The van der Waals surface area contributed by atoms with Crippen LogP contribution in [0.3, 0.4) is 0 Å².